The van der Waals surface area contributed by atoms with Crippen molar-refractivity contribution < 1.29 is 18.3 Å². The summed E-state index contributed by atoms with van der Waals surface area (Å²) < 4.78 is 40.7. The largest absolute Gasteiger partial charge is 0.383 e. The summed E-state index contributed by atoms with van der Waals surface area (Å²) in [5.74, 6) is -2.86. The fraction of sp³-hybridized carbons (Fsp3) is 0.200. The van der Waals surface area contributed by atoms with Crippen molar-refractivity contribution in [1.29, 1.82) is 0 Å². The molecule has 1 atom stereocenters. The Labute approximate surface area is 109 Å². The van der Waals surface area contributed by atoms with Gasteiger partial charge >= 0.3 is 0 Å². The van der Waals surface area contributed by atoms with Crippen molar-refractivity contribution in [1.82, 2.24) is 0 Å². The maximum atomic E-state index is 13.9. The Hall–Kier alpha value is -1.81. The second-order valence-electron chi connectivity index (χ2n) is 4.52. The molecule has 0 aliphatic rings. The summed E-state index contributed by atoms with van der Waals surface area (Å²) in [4.78, 5) is 0. The van der Waals surface area contributed by atoms with Crippen molar-refractivity contribution in [3.05, 3.63) is 70.0 Å². The van der Waals surface area contributed by atoms with Gasteiger partial charge in [0.1, 0.15) is 11.9 Å². The lowest BCUT2D eigenvalue weighted by Crippen LogP contribution is -2.08. The third kappa shape index (κ3) is 2.49. The van der Waals surface area contributed by atoms with Crippen LogP contribution in [-0.2, 0) is 0 Å². The van der Waals surface area contributed by atoms with Crippen LogP contribution in [0.25, 0.3) is 0 Å². The topological polar surface area (TPSA) is 20.2 Å². The summed E-state index contributed by atoms with van der Waals surface area (Å²) in [6, 6.07) is 6.39. The molecular formula is C15H13F3O. The average Bonchev–Trinajstić information content (AvgIpc) is 2.31. The highest BCUT2D eigenvalue weighted by molar-refractivity contribution is 5.39. The van der Waals surface area contributed by atoms with Crippen LogP contribution in [0.1, 0.15) is 28.4 Å². The second-order valence-corrected chi connectivity index (χ2v) is 4.52. The van der Waals surface area contributed by atoms with E-state index in [2.05, 4.69) is 0 Å². The lowest BCUT2D eigenvalue weighted by molar-refractivity contribution is 0.207. The van der Waals surface area contributed by atoms with Crippen LogP contribution < -0.4 is 0 Å². The van der Waals surface area contributed by atoms with Gasteiger partial charge in [-0.25, -0.2) is 13.2 Å². The van der Waals surface area contributed by atoms with Crippen LogP contribution in [0.15, 0.2) is 30.3 Å². The van der Waals surface area contributed by atoms with Gasteiger partial charge < -0.3 is 5.11 Å². The third-order valence-corrected chi connectivity index (χ3v) is 3.03. The van der Waals surface area contributed by atoms with Gasteiger partial charge in [0, 0.05) is 11.1 Å². The number of benzene rings is 2. The van der Waals surface area contributed by atoms with Crippen LogP contribution in [0.4, 0.5) is 13.2 Å². The normalized spacial score (nSPS) is 12.5. The van der Waals surface area contributed by atoms with Gasteiger partial charge in [-0.15, -0.1) is 0 Å². The van der Waals surface area contributed by atoms with Gasteiger partial charge in [0.15, 0.2) is 11.6 Å². The predicted octanol–water partition coefficient (Wildman–Crippen LogP) is 3.80. The van der Waals surface area contributed by atoms with Gasteiger partial charge in [0.05, 0.1) is 0 Å². The number of hydrogen-bond donors (Lipinski definition) is 1. The molecule has 2 aromatic rings. The molecule has 0 aliphatic carbocycles. The molecular weight excluding hydrogens is 253 g/mol. The van der Waals surface area contributed by atoms with Crippen LogP contribution in [0.3, 0.4) is 0 Å². The van der Waals surface area contributed by atoms with Crippen molar-refractivity contribution in [3.8, 4) is 0 Å². The quantitative estimate of drug-likeness (QED) is 0.876. The fourth-order valence-corrected chi connectivity index (χ4v) is 2.16. The van der Waals surface area contributed by atoms with E-state index in [1.54, 1.807) is 19.9 Å². The Morgan fingerprint density at radius 2 is 1.68 bits per heavy atom. The van der Waals surface area contributed by atoms with E-state index in [4.69, 9.17) is 0 Å². The maximum absolute atomic E-state index is 13.9. The first-order valence-electron chi connectivity index (χ1n) is 5.80. The number of aliphatic hydroxyl groups is 1. The predicted molar refractivity (Wildman–Crippen MR) is 66.3 cm³/mol. The molecule has 4 heteroatoms. The monoisotopic (exact) mass is 266 g/mol. The van der Waals surface area contributed by atoms with E-state index in [1.165, 1.54) is 18.2 Å². The summed E-state index contributed by atoms with van der Waals surface area (Å²) in [7, 11) is 0. The highest BCUT2D eigenvalue weighted by Gasteiger charge is 2.22. The zero-order chi connectivity index (χ0) is 14.2. The minimum Gasteiger partial charge on any atom is -0.383 e. The van der Waals surface area contributed by atoms with Crippen LogP contribution in [0, 0.1) is 31.3 Å². The fourth-order valence-electron chi connectivity index (χ4n) is 2.16. The van der Waals surface area contributed by atoms with E-state index < -0.39 is 23.6 Å². The van der Waals surface area contributed by atoms with Gasteiger partial charge in [-0.1, -0.05) is 18.2 Å². The van der Waals surface area contributed by atoms with E-state index in [1.807, 2.05) is 0 Å². The Morgan fingerprint density at radius 1 is 1.00 bits per heavy atom. The average molecular weight is 266 g/mol. The molecule has 0 fully saturated rings. The molecule has 100 valence electrons. The Bertz CT molecular complexity index is 600. The van der Waals surface area contributed by atoms with Crippen molar-refractivity contribution in [3.63, 3.8) is 0 Å². The molecule has 0 amide bonds. The number of halogens is 3. The first kappa shape index (κ1) is 13.6. The molecule has 0 bridgehead atoms. The molecule has 1 N–H and O–H groups in total. The van der Waals surface area contributed by atoms with E-state index in [9.17, 15) is 18.3 Å². The minimum absolute atomic E-state index is 0.0323. The van der Waals surface area contributed by atoms with Gasteiger partial charge in [-0.3, -0.25) is 0 Å². The molecule has 2 rings (SSSR count). The molecule has 0 aliphatic heterocycles. The van der Waals surface area contributed by atoms with Gasteiger partial charge in [-0.2, -0.15) is 0 Å². The molecule has 0 aromatic heterocycles. The highest BCUT2D eigenvalue weighted by atomic mass is 19.2. The zero-order valence-corrected chi connectivity index (χ0v) is 10.5. The first-order valence-corrected chi connectivity index (χ1v) is 5.80. The summed E-state index contributed by atoms with van der Waals surface area (Å²) in [5.41, 5.74) is 0.889. The highest BCUT2D eigenvalue weighted by Crippen LogP contribution is 2.30. The number of rotatable bonds is 2. The van der Waals surface area contributed by atoms with Gasteiger partial charge in [0.25, 0.3) is 0 Å². The molecule has 0 radical (unpaired) electrons. The molecule has 0 saturated carbocycles. The summed E-state index contributed by atoms with van der Waals surface area (Å²) in [6.45, 7) is 3.33. The smallest absolute Gasteiger partial charge is 0.164 e. The van der Waals surface area contributed by atoms with Crippen LogP contribution >= 0.6 is 0 Å². The van der Waals surface area contributed by atoms with E-state index in [-0.39, 0.29) is 11.1 Å². The molecule has 0 saturated heterocycles. The SMILES string of the molecule is Cc1cc(C)c(C(O)c2cccc(F)c2F)c(F)c1. The van der Waals surface area contributed by atoms with Crippen molar-refractivity contribution >= 4 is 0 Å². The lowest BCUT2D eigenvalue weighted by atomic mass is 9.95. The Kier molecular flexibility index (Phi) is 3.62. The van der Waals surface area contributed by atoms with Crippen molar-refractivity contribution in [2.45, 2.75) is 20.0 Å². The van der Waals surface area contributed by atoms with Gasteiger partial charge in [0.2, 0.25) is 0 Å². The molecule has 1 nitrogen and oxygen atoms in total. The van der Waals surface area contributed by atoms with Crippen molar-refractivity contribution in [2.75, 3.05) is 0 Å². The Morgan fingerprint density at radius 3 is 2.32 bits per heavy atom. The summed E-state index contributed by atoms with van der Waals surface area (Å²) in [6.07, 6.45) is -1.53. The number of aryl methyl sites for hydroxylation is 2. The standard InChI is InChI=1S/C15H13F3O/c1-8-6-9(2)13(12(17)7-8)15(19)10-4-3-5-11(16)14(10)18/h3-7,15,19H,1-2H3. The third-order valence-electron chi connectivity index (χ3n) is 3.03. The zero-order valence-electron chi connectivity index (χ0n) is 10.5. The first-order chi connectivity index (χ1) is 8.91. The van der Waals surface area contributed by atoms with Crippen LogP contribution in [-0.4, -0.2) is 5.11 Å². The van der Waals surface area contributed by atoms with Crippen molar-refractivity contribution in [2.24, 2.45) is 0 Å². The molecule has 0 heterocycles. The van der Waals surface area contributed by atoms with Crippen LogP contribution in [0.2, 0.25) is 0 Å². The van der Waals surface area contributed by atoms with Crippen LogP contribution in [0.5, 0.6) is 0 Å². The van der Waals surface area contributed by atoms with Gasteiger partial charge in [-0.05, 0) is 37.1 Å². The molecule has 0 spiro atoms. The lowest BCUT2D eigenvalue weighted by Gasteiger charge is -2.16. The minimum atomic E-state index is -1.53. The number of aliphatic hydroxyl groups excluding tert-OH is 1. The molecule has 2 aromatic carbocycles. The second kappa shape index (κ2) is 5.05. The van der Waals surface area contributed by atoms with E-state index >= 15 is 0 Å². The molecule has 1 unspecified atom stereocenters. The summed E-state index contributed by atoms with van der Waals surface area (Å²) in [5, 5.41) is 10.1. The molecule has 19 heavy (non-hydrogen) atoms. The summed E-state index contributed by atoms with van der Waals surface area (Å²) >= 11 is 0. The Balaban J connectivity index is 2.56. The maximum Gasteiger partial charge on any atom is 0.164 e. The number of hydrogen-bond acceptors (Lipinski definition) is 1. The van der Waals surface area contributed by atoms with E-state index in [0.717, 1.165) is 6.07 Å². The van der Waals surface area contributed by atoms with E-state index in [0.29, 0.717) is 11.1 Å².